The number of aryl methyl sites for hydroxylation is 1. The van der Waals surface area contributed by atoms with Gasteiger partial charge in [0.15, 0.2) is 0 Å². The van der Waals surface area contributed by atoms with Crippen molar-refractivity contribution in [2.24, 2.45) is 0 Å². The minimum absolute atomic E-state index is 0.367. The van der Waals surface area contributed by atoms with E-state index in [0.717, 1.165) is 25.0 Å². The number of nitrogens with zero attached hydrogens (tertiary/aromatic N) is 2. The van der Waals surface area contributed by atoms with Crippen molar-refractivity contribution < 1.29 is 9.90 Å². The first kappa shape index (κ1) is 15.9. The van der Waals surface area contributed by atoms with Gasteiger partial charge in [0, 0.05) is 14.9 Å². The normalized spacial score (nSPS) is 12.5. The van der Waals surface area contributed by atoms with Crippen LogP contribution in [0.1, 0.15) is 17.8 Å². The Morgan fingerprint density at radius 1 is 1.35 bits per heavy atom. The van der Waals surface area contributed by atoms with Gasteiger partial charge in [-0.05, 0) is 31.5 Å². The van der Waals surface area contributed by atoms with Crippen LogP contribution in [0.5, 0.6) is 0 Å². The number of carboxylic acids is 1. The molecule has 0 N–H and O–H groups in total. The highest BCUT2D eigenvalue weighted by Gasteiger charge is 2.18. The second-order valence-electron chi connectivity index (χ2n) is 5.17. The molecule has 3 aromatic rings. The minimum atomic E-state index is -1.31. The fourth-order valence-electron chi connectivity index (χ4n) is 2.47. The molecule has 0 aliphatic heterocycles. The number of thiophene rings is 1. The number of carbonyl (C=O) groups is 1. The number of hydrogen-bond acceptors (Lipinski definition) is 5. The number of carboxylic acid groups (broad SMARTS) is 1. The van der Waals surface area contributed by atoms with Gasteiger partial charge < -0.3 is 9.90 Å². The Morgan fingerprint density at radius 2 is 2.00 bits per heavy atom. The van der Waals surface area contributed by atoms with Crippen LogP contribution in [0, 0.1) is 6.92 Å². The van der Waals surface area contributed by atoms with Gasteiger partial charge in [-0.1, -0.05) is 28.1 Å². The van der Waals surface area contributed by atoms with E-state index in [-0.39, 0.29) is 5.56 Å². The SMILES string of the molecule is Cc1sc2ncn([C@@H](C)C(=O)[O-])c(=O)c2c1-c1ccc(Br)cc1. The van der Waals surface area contributed by atoms with Gasteiger partial charge >= 0.3 is 0 Å². The molecule has 0 saturated carbocycles. The van der Waals surface area contributed by atoms with Crippen molar-refractivity contribution in [3.05, 3.63) is 50.3 Å². The third kappa shape index (κ3) is 2.70. The zero-order valence-electron chi connectivity index (χ0n) is 12.4. The lowest BCUT2D eigenvalue weighted by Crippen LogP contribution is -2.36. The number of aromatic nitrogens is 2. The summed E-state index contributed by atoms with van der Waals surface area (Å²) in [6, 6.07) is 6.56. The highest BCUT2D eigenvalue weighted by molar-refractivity contribution is 9.10. The molecule has 2 aromatic heterocycles. The van der Waals surface area contributed by atoms with Crippen molar-refractivity contribution in [1.82, 2.24) is 9.55 Å². The summed E-state index contributed by atoms with van der Waals surface area (Å²) >= 11 is 4.81. The molecule has 3 rings (SSSR count). The zero-order chi connectivity index (χ0) is 16.7. The van der Waals surface area contributed by atoms with E-state index in [4.69, 9.17) is 0 Å². The van der Waals surface area contributed by atoms with E-state index in [1.54, 1.807) is 0 Å². The van der Waals surface area contributed by atoms with Crippen LogP contribution < -0.4 is 10.7 Å². The maximum atomic E-state index is 12.8. The Labute approximate surface area is 144 Å². The minimum Gasteiger partial charge on any atom is -0.548 e. The van der Waals surface area contributed by atoms with Gasteiger partial charge in [0.25, 0.3) is 5.56 Å². The van der Waals surface area contributed by atoms with Gasteiger partial charge in [-0.25, -0.2) is 4.98 Å². The molecule has 1 aromatic carbocycles. The van der Waals surface area contributed by atoms with Crippen LogP contribution in [-0.4, -0.2) is 15.5 Å². The molecule has 0 spiro atoms. The lowest BCUT2D eigenvalue weighted by molar-refractivity contribution is -0.309. The molecular formula is C16H12BrN2O3S-. The van der Waals surface area contributed by atoms with E-state index in [0.29, 0.717) is 10.2 Å². The van der Waals surface area contributed by atoms with Gasteiger partial charge in [0.05, 0.1) is 23.7 Å². The van der Waals surface area contributed by atoms with Crippen molar-refractivity contribution in [2.75, 3.05) is 0 Å². The topological polar surface area (TPSA) is 75.0 Å². The molecule has 5 nitrogen and oxygen atoms in total. The maximum Gasteiger partial charge on any atom is 0.263 e. The number of halogens is 1. The number of hydrogen-bond donors (Lipinski definition) is 0. The summed E-state index contributed by atoms with van der Waals surface area (Å²) in [5.41, 5.74) is 1.33. The lowest BCUT2D eigenvalue weighted by Gasteiger charge is -2.15. The molecule has 0 aliphatic carbocycles. The summed E-state index contributed by atoms with van der Waals surface area (Å²) < 4.78 is 2.05. The Hall–Kier alpha value is -1.99. The van der Waals surface area contributed by atoms with Crippen LogP contribution in [-0.2, 0) is 4.79 Å². The van der Waals surface area contributed by atoms with E-state index >= 15 is 0 Å². The number of benzene rings is 1. The quantitative estimate of drug-likeness (QED) is 0.687. The number of rotatable bonds is 3. The van der Waals surface area contributed by atoms with Gasteiger partial charge in [0.1, 0.15) is 4.83 Å². The van der Waals surface area contributed by atoms with Crippen LogP contribution in [0.4, 0.5) is 0 Å². The first-order valence-electron chi connectivity index (χ1n) is 6.87. The van der Waals surface area contributed by atoms with Crippen molar-refractivity contribution >= 4 is 43.5 Å². The van der Waals surface area contributed by atoms with Crippen molar-refractivity contribution in [2.45, 2.75) is 19.9 Å². The van der Waals surface area contributed by atoms with Crippen LogP contribution in [0.2, 0.25) is 0 Å². The van der Waals surface area contributed by atoms with E-state index in [9.17, 15) is 14.7 Å². The third-order valence-electron chi connectivity index (χ3n) is 3.70. The fourth-order valence-corrected chi connectivity index (χ4v) is 3.74. The second kappa shape index (κ2) is 5.90. The molecule has 1 atom stereocenters. The Morgan fingerprint density at radius 3 is 2.61 bits per heavy atom. The smallest absolute Gasteiger partial charge is 0.263 e. The van der Waals surface area contributed by atoms with Crippen LogP contribution in [0.25, 0.3) is 21.3 Å². The standard InChI is InChI=1S/C16H13BrN2O3S/c1-8(16(21)22)19-7-18-14-13(15(19)20)12(9(2)23-14)10-3-5-11(17)6-4-10/h3-8H,1-2H3,(H,21,22)/p-1/t8-/m0/s1. The van der Waals surface area contributed by atoms with Crippen molar-refractivity contribution in [3.63, 3.8) is 0 Å². The lowest BCUT2D eigenvalue weighted by atomic mass is 10.0. The number of carbonyl (C=O) groups excluding carboxylic acids is 1. The average molecular weight is 392 g/mol. The van der Waals surface area contributed by atoms with Crippen molar-refractivity contribution in [3.8, 4) is 11.1 Å². The van der Waals surface area contributed by atoms with Gasteiger partial charge in [-0.15, -0.1) is 11.3 Å². The summed E-state index contributed by atoms with van der Waals surface area (Å²) in [5.74, 6) is -1.31. The Balaban J connectivity index is 2.32. The molecule has 23 heavy (non-hydrogen) atoms. The molecule has 0 amide bonds. The summed E-state index contributed by atoms with van der Waals surface area (Å²) in [4.78, 5) is 29.7. The van der Waals surface area contributed by atoms with Gasteiger partial charge in [-0.2, -0.15) is 0 Å². The molecule has 0 radical (unpaired) electrons. The molecule has 0 saturated heterocycles. The maximum absolute atomic E-state index is 12.8. The molecule has 0 fully saturated rings. The summed E-state index contributed by atoms with van der Waals surface area (Å²) in [6.45, 7) is 3.33. The first-order valence-corrected chi connectivity index (χ1v) is 8.48. The average Bonchev–Trinajstić information content (AvgIpc) is 2.85. The summed E-state index contributed by atoms with van der Waals surface area (Å²) in [6.07, 6.45) is 1.27. The predicted octanol–water partition coefficient (Wildman–Crippen LogP) is 2.51. The van der Waals surface area contributed by atoms with E-state index in [2.05, 4.69) is 20.9 Å². The predicted molar refractivity (Wildman–Crippen MR) is 91.5 cm³/mol. The Kier molecular flexibility index (Phi) is 4.08. The third-order valence-corrected chi connectivity index (χ3v) is 5.25. The monoisotopic (exact) mass is 391 g/mol. The van der Waals surface area contributed by atoms with E-state index < -0.39 is 12.0 Å². The number of fused-ring (bicyclic) bond motifs is 1. The van der Waals surface area contributed by atoms with Gasteiger partial charge in [-0.3, -0.25) is 9.36 Å². The molecular weight excluding hydrogens is 380 g/mol. The van der Waals surface area contributed by atoms with E-state index in [1.807, 2.05) is 31.2 Å². The summed E-state index contributed by atoms with van der Waals surface area (Å²) in [5, 5.41) is 11.5. The highest BCUT2D eigenvalue weighted by Crippen LogP contribution is 2.35. The molecule has 2 heterocycles. The molecule has 0 bridgehead atoms. The van der Waals surface area contributed by atoms with Crippen LogP contribution in [0.15, 0.2) is 39.9 Å². The first-order chi connectivity index (χ1) is 10.9. The molecule has 0 aliphatic rings. The van der Waals surface area contributed by atoms with E-state index in [1.165, 1.54) is 24.6 Å². The second-order valence-corrected chi connectivity index (χ2v) is 7.29. The Bertz CT molecular complexity index is 960. The number of aliphatic carboxylic acids is 1. The molecule has 7 heteroatoms. The fraction of sp³-hybridized carbons (Fsp3) is 0.188. The van der Waals surface area contributed by atoms with Crippen LogP contribution >= 0.6 is 27.3 Å². The zero-order valence-corrected chi connectivity index (χ0v) is 14.8. The highest BCUT2D eigenvalue weighted by atomic mass is 79.9. The largest absolute Gasteiger partial charge is 0.548 e. The van der Waals surface area contributed by atoms with Crippen LogP contribution in [0.3, 0.4) is 0 Å². The van der Waals surface area contributed by atoms with Crippen molar-refractivity contribution in [1.29, 1.82) is 0 Å². The summed E-state index contributed by atoms with van der Waals surface area (Å²) in [7, 11) is 0. The molecule has 0 unspecified atom stereocenters. The van der Waals surface area contributed by atoms with Gasteiger partial charge in [0.2, 0.25) is 0 Å². The molecule has 118 valence electrons.